The molecule has 0 bridgehead atoms. The molecule has 0 atom stereocenters. The molecular weight excluding hydrogens is 394 g/mol. The minimum atomic E-state index is -0.441. The number of non-ortho nitro benzene ring substituents is 1. The van der Waals surface area contributed by atoms with Gasteiger partial charge >= 0.3 is 0 Å². The van der Waals surface area contributed by atoms with Gasteiger partial charge in [0.25, 0.3) is 5.69 Å². The van der Waals surface area contributed by atoms with Gasteiger partial charge in [0.15, 0.2) is 5.82 Å². The van der Waals surface area contributed by atoms with E-state index in [4.69, 9.17) is 0 Å². The Kier molecular flexibility index (Phi) is 5.88. The number of hydrogen-bond donors (Lipinski definition) is 1. The summed E-state index contributed by atoms with van der Waals surface area (Å²) in [5.41, 5.74) is 3.16. The molecule has 0 aliphatic carbocycles. The van der Waals surface area contributed by atoms with Gasteiger partial charge in [0.2, 0.25) is 5.91 Å². The fourth-order valence-corrected chi connectivity index (χ4v) is 3.76. The average Bonchev–Trinajstić information content (AvgIpc) is 2.81. The molecular formula is C23H23N5O3. The number of aromatic nitrogens is 2. The van der Waals surface area contributed by atoms with Crippen molar-refractivity contribution in [1.82, 2.24) is 10.2 Å². The molecule has 1 saturated heterocycles. The molecule has 2 aromatic carbocycles. The first-order valence-electron chi connectivity index (χ1n) is 10.2. The number of nitro groups is 1. The summed E-state index contributed by atoms with van der Waals surface area (Å²) in [6, 6.07) is 18.3. The highest BCUT2D eigenvalue weighted by Gasteiger charge is 2.26. The maximum Gasteiger partial charge on any atom is 0.269 e. The average molecular weight is 417 g/mol. The second-order valence-corrected chi connectivity index (χ2v) is 7.65. The first kappa shape index (κ1) is 20.5. The molecule has 1 aromatic heterocycles. The first-order chi connectivity index (χ1) is 15.0. The molecule has 8 nitrogen and oxygen atoms in total. The van der Waals surface area contributed by atoms with E-state index in [1.54, 1.807) is 13.0 Å². The quantitative estimate of drug-likeness (QED) is 0.493. The van der Waals surface area contributed by atoms with Gasteiger partial charge in [-0.25, -0.2) is 0 Å². The van der Waals surface area contributed by atoms with E-state index < -0.39 is 4.92 Å². The van der Waals surface area contributed by atoms with Crippen LogP contribution in [-0.2, 0) is 4.79 Å². The van der Waals surface area contributed by atoms with Crippen LogP contribution in [0.5, 0.6) is 0 Å². The number of benzene rings is 2. The van der Waals surface area contributed by atoms with Crippen molar-refractivity contribution >= 4 is 23.1 Å². The zero-order valence-electron chi connectivity index (χ0n) is 17.2. The predicted molar refractivity (Wildman–Crippen MR) is 119 cm³/mol. The van der Waals surface area contributed by atoms with E-state index in [0.717, 1.165) is 30.2 Å². The Labute approximate surface area is 180 Å². The van der Waals surface area contributed by atoms with Gasteiger partial charge < -0.3 is 10.2 Å². The standard InChI is InChI=1S/C23H23N5O3/c1-16-15-19(28(30)31)7-8-20(16)24-23(29)18-11-13-27(14-12-18)22-10-9-21(25-26-22)17-5-3-2-4-6-17/h2-10,15,18H,11-14H2,1H3,(H,24,29). The minimum Gasteiger partial charge on any atom is -0.355 e. The van der Waals surface area contributed by atoms with Crippen molar-refractivity contribution in [3.63, 3.8) is 0 Å². The summed E-state index contributed by atoms with van der Waals surface area (Å²) in [7, 11) is 0. The van der Waals surface area contributed by atoms with Crippen LogP contribution in [0.1, 0.15) is 18.4 Å². The van der Waals surface area contributed by atoms with Gasteiger partial charge in [-0.15, -0.1) is 10.2 Å². The second kappa shape index (κ2) is 8.91. The number of anilines is 2. The van der Waals surface area contributed by atoms with Crippen LogP contribution in [0.25, 0.3) is 11.3 Å². The number of nitrogens with one attached hydrogen (secondary N) is 1. The van der Waals surface area contributed by atoms with Gasteiger partial charge in [0.05, 0.1) is 10.6 Å². The SMILES string of the molecule is Cc1cc([N+](=O)[O-])ccc1NC(=O)C1CCN(c2ccc(-c3ccccc3)nn2)CC1. The van der Waals surface area contributed by atoms with E-state index >= 15 is 0 Å². The molecule has 0 saturated carbocycles. The summed E-state index contributed by atoms with van der Waals surface area (Å²) >= 11 is 0. The Bertz CT molecular complexity index is 1080. The van der Waals surface area contributed by atoms with Gasteiger partial charge in [0.1, 0.15) is 0 Å². The largest absolute Gasteiger partial charge is 0.355 e. The summed E-state index contributed by atoms with van der Waals surface area (Å²) in [5.74, 6) is 0.647. The lowest BCUT2D eigenvalue weighted by Crippen LogP contribution is -2.38. The summed E-state index contributed by atoms with van der Waals surface area (Å²) < 4.78 is 0. The Morgan fingerprint density at radius 3 is 2.42 bits per heavy atom. The molecule has 0 unspecified atom stereocenters. The third kappa shape index (κ3) is 4.69. The zero-order valence-corrected chi connectivity index (χ0v) is 17.2. The Morgan fingerprint density at radius 2 is 1.81 bits per heavy atom. The number of amides is 1. The number of carbonyl (C=O) groups is 1. The molecule has 1 fully saturated rings. The van der Waals surface area contributed by atoms with E-state index in [9.17, 15) is 14.9 Å². The van der Waals surface area contributed by atoms with Crippen molar-refractivity contribution in [3.8, 4) is 11.3 Å². The molecule has 31 heavy (non-hydrogen) atoms. The Morgan fingerprint density at radius 1 is 1.06 bits per heavy atom. The predicted octanol–water partition coefficient (Wildman–Crippen LogP) is 4.22. The fourth-order valence-electron chi connectivity index (χ4n) is 3.76. The Hall–Kier alpha value is -3.81. The second-order valence-electron chi connectivity index (χ2n) is 7.65. The van der Waals surface area contributed by atoms with Crippen molar-refractivity contribution in [3.05, 3.63) is 76.3 Å². The van der Waals surface area contributed by atoms with Crippen LogP contribution in [-0.4, -0.2) is 34.1 Å². The number of piperidine rings is 1. The summed E-state index contributed by atoms with van der Waals surface area (Å²) in [6.07, 6.45) is 1.42. The van der Waals surface area contributed by atoms with E-state index in [1.807, 2.05) is 42.5 Å². The highest BCUT2D eigenvalue weighted by Crippen LogP contribution is 2.26. The summed E-state index contributed by atoms with van der Waals surface area (Å²) in [6.45, 7) is 3.19. The monoisotopic (exact) mass is 417 g/mol. The van der Waals surface area contributed by atoms with Crippen molar-refractivity contribution in [2.75, 3.05) is 23.3 Å². The number of hydrogen-bond acceptors (Lipinski definition) is 6. The molecule has 2 heterocycles. The maximum atomic E-state index is 12.7. The molecule has 1 N–H and O–H groups in total. The van der Waals surface area contributed by atoms with Gasteiger partial charge in [0, 0.05) is 42.4 Å². The van der Waals surface area contributed by atoms with Crippen molar-refractivity contribution < 1.29 is 9.72 Å². The summed E-state index contributed by atoms with van der Waals surface area (Å²) in [5, 5.41) is 22.5. The number of aryl methyl sites for hydroxylation is 1. The van der Waals surface area contributed by atoms with Crippen LogP contribution in [0.4, 0.5) is 17.2 Å². The minimum absolute atomic E-state index is 0.0169. The molecule has 1 aliphatic rings. The van der Waals surface area contributed by atoms with Gasteiger partial charge in [-0.05, 0) is 43.5 Å². The summed E-state index contributed by atoms with van der Waals surface area (Å²) in [4.78, 5) is 25.3. The topological polar surface area (TPSA) is 101 Å². The fraction of sp³-hybridized carbons (Fsp3) is 0.261. The number of nitrogens with zero attached hydrogens (tertiary/aromatic N) is 4. The van der Waals surface area contributed by atoms with Crippen molar-refractivity contribution in [2.24, 2.45) is 5.92 Å². The highest BCUT2D eigenvalue weighted by molar-refractivity contribution is 5.93. The van der Waals surface area contributed by atoms with E-state index in [0.29, 0.717) is 24.1 Å². The van der Waals surface area contributed by atoms with E-state index in [1.165, 1.54) is 12.1 Å². The molecule has 158 valence electrons. The van der Waals surface area contributed by atoms with Crippen molar-refractivity contribution in [1.29, 1.82) is 0 Å². The molecule has 4 rings (SSSR count). The Balaban J connectivity index is 1.34. The normalized spacial score (nSPS) is 14.3. The van der Waals surface area contributed by atoms with Crippen LogP contribution in [0.2, 0.25) is 0 Å². The van der Waals surface area contributed by atoms with Crippen LogP contribution >= 0.6 is 0 Å². The number of rotatable bonds is 5. The van der Waals surface area contributed by atoms with E-state index in [2.05, 4.69) is 20.4 Å². The molecule has 3 aromatic rings. The molecule has 0 spiro atoms. The van der Waals surface area contributed by atoms with Crippen molar-refractivity contribution in [2.45, 2.75) is 19.8 Å². The molecule has 1 amide bonds. The number of carbonyl (C=O) groups excluding carboxylic acids is 1. The zero-order chi connectivity index (χ0) is 21.8. The maximum absolute atomic E-state index is 12.7. The molecule has 1 aliphatic heterocycles. The van der Waals surface area contributed by atoms with E-state index in [-0.39, 0.29) is 17.5 Å². The van der Waals surface area contributed by atoms with Gasteiger partial charge in [-0.3, -0.25) is 14.9 Å². The first-order valence-corrected chi connectivity index (χ1v) is 10.2. The smallest absolute Gasteiger partial charge is 0.269 e. The lowest BCUT2D eigenvalue weighted by molar-refractivity contribution is -0.384. The third-order valence-corrected chi connectivity index (χ3v) is 5.59. The van der Waals surface area contributed by atoms with Crippen LogP contribution in [0, 0.1) is 23.0 Å². The van der Waals surface area contributed by atoms with Crippen LogP contribution in [0.15, 0.2) is 60.7 Å². The lowest BCUT2D eigenvalue weighted by atomic mass is 9.95. The van der Waals surface area contributed by atoms with Gasteiger partial charge in [-0.1, -0.05) is 30.3 Å². The lowest BCUT2D eigenvalue weighted by Gasteiger charge is -2.32. The number of nitro benzene ring substituents is 1. The molecule has 8 heteroatoms. The third-order valence-electron chi connectivity index (χ3n) is 5.59. The van der Waals surface area contributed by atoms with Crippen LogP contribution < -0.4 is 10.2 Å². The molecule has 0 radical (unpaired) electrons. The van der Waals surface area contributed by atoms with Gasteiger partial charge in [-0.2, -0.15) is 0 Å². The van der Waals surface area contributed by atoms with Crippen LogP contribution in [0.3, 0.4) is 0 Å². The highest BCUT2D eigenvalue weighted by atomic mass is 16.6.